The van der Waals surface area contributed by atoms with E-state index in [1.807, 2.05) is 0 Å². The number of aliphatic carboxylic acids is 1. The molecule has 0 radical (unpaired) electrons. The Morgan fingerprint density at radius 2 is 0.741 bits per heavy atom. The Morgan fingerprint density at radius 1 is 0.400 bits per heavy atom. The Balaban J connectivity index is 2.70. The van der Waals surface area contributed by atoms with Gasteiger partial charge in [0.1, 0.15) is 18.8 Å². The highest BCUT2D eigenvalue weighted by Gasteiger charge is 2.50. The van der Waals surface area contributed by atoms with Crippen molar-refractivity contribution in [2.24, 2.45) is 0 Å². The van der Waals surface area contributed by atoms with E-state index in [4.69, 9.17) is 23.7 Å². The van der Waals surface area contributed by atoms with Gasteiger partial charge < -0.3 is 39.0 Å². The van der Waals surface area contributed by atoms with E-state index in [0.29, 0.717) is 19.3 Å². The average molecular weight is 1190 g/mol. The average Bonchev–Trinajstić information content (AvgIpc) is 3.46. The van der Waals surface area contributed by atoms with Crippen molar-refractivity contribution >= 4 is 23.9 Å². The van der Waals surface area contributed by atoms with Gasteiger partial charge in [-0.1, -0.05) is 231 Å². The molecule has 85 heavy (non-hydrogen) atoms. The number of carboxylic acids is 1. The van der Waals surface area contributed by atoms with Crippen LogP contribution in [0.1, 0.15) is 252 Å². The number of carboxylic acid groups (broad SMARTS) is 1. The van der Waals surface area contributed by atoms with Crippen molar-refractivity contribution in [3.63, 3.8) is 0 Å². The molecule has 12 heteroatoms. The Bertz CT molecular complexity index is 1990. The second-order valence-electron chi connectivity index (χ2n) is 22.0. The molecule has 0 aliphatic carbocycles. The molecule has 1 fully saturated rings. The monoisotopic (exact) mass is 1180 g/mol. The number of carbonyl (C=O) groups excluding carboxylic acids is 3. The Labute approximate surface area is 515 Å². The van der Waals surface area contributed by atoms with Crippen LogP contribution in [0, 0.1) is 0 Å². The highest BCUT2D eigenvalue weighted by atomic mass is 16.7. The van der Waals surface area contributed by atoms with Gasteiger partial charge in [-0.25, -0.2) is 4.79 Å². The van der Waals surface area contributed by atoms with E-state index in [1.165, 1.54) is 25.7 Å². The van der Waals surface area contributed by atoms with Crippen LogP contribution in [0.4, 0.5) is 0 Å². The van der Waals surface area contributed by atoms with Crippen molar-refractivity contribution in [2.75, 3.05) is 13.2 Å². The third kappa shape index (κ3) is 48.6. The van der Waals surface area contributed by atoms with Crippen molar-refractivity contribution < 1.29 is 58.2 Å². The summed E-state index contributed by atoms with van der Waals surface area (Å²) in [5, 5.41) is 31.6. The lowest BCUT2D eigenvalue weighted by Gasteiger charge is -2.40. The molecule has 1 aliphatic heterocycles. The van der Waals surface area contributed by atoms with Crippen molar-refractivity contribution in [2.45, 2.75) is 289 Å². The van der Waals surface area contributed by atoms with Gasteiger partial charge in [-0.05, 0) is 135 Å². The highest BCUT2D eigenvalue weighted by Crippen LogP contribution is 2.26. The van der Waals surface area contributed by atoms with Gasteiger partial charge in [0.15, 0.2) is 24.6 Å². The molecule has 0 spiro atoms. The fourth-order valence-electron chi connectivity index (χ4n) is 9.18. The zero-order valence-electron chi connectivity index (χ0n) is 53.1. The van der Waals surface area contributed by atoms with Crippen LogP contribution in [0.15, 0.2) is 134 Å². The third-order valence-electron chi connectivity index (χ3n) is 14.2. The van der Waals surface area contributed by atoms with Crippen molar-refractivity contribution in [1.29, 1.82) is 0 Å². The number of unbranched alkanes of at least 4 members (excludes halogenated alkanes) is 19. The van der Waals surface area contributed by atoms with E-state index in [2.05, 4.69) is 154 Å². The summed E-state index contributed by atoms with van der Waals surface area (Å²) < 4.78 is 28.5. The molecule has 0 amide bonds. The van der Waals surface area contributed by atoms with Gasteiger partial charge >= 0.3 is 23.9 Å². The van der Waals surface area contributed by atoms with Crippen LogP contribution in [0.5, 0.6) is 0 Å². The number of hydrogen-bond donors (Lipinski definition) is 3. The van der Waals surface area contributed by atoms with Gasteiger partial charge in [-0.3, -0.25) is 14.4 Å². The SMILES string of the molecule is CC/C=C\C/C=C\C/C=C\C/C=C\CCCCCCCCC(=O)OCC(COC1OC(C(=O)O)C(O)C(O)C1OC(=O)CCCCCC/C=C\C/C=C\C/C=C\C/C=C\CC)OC(=O)CCCCCCCC/C=C\C/C=C\C/C=C\CCCCC. The van der Waals surface area contributed by atoms with E-state index < -0.39 is 67.3 Å². The summed E-state index contributed by atoms with van der Waals surface area (Å²) in [4.78, 5) is 51.4. The predicted molar refractivity (Wildman–Crippen MR) is 349 cm³/mol. The van der Waals surface area contributed by atoms with Gasteiger partial charge in [-0.15, -0.1) is 0 Å². The van der Waals surface area contributed by atoms with E-state index in [0.717, 1.165) is 167 Å². The first-order valence-electron chi connectivity index (χ1n) is 33.2. The molecule has 12 nitrogen and oxygen atoms in total. The van der Waals surface area contributed by atoms with E-state index in [1.54, 1.807) is 0 Å². The minimum absolute atomic E-state index is 0.0223. The molecule has 480 valence electrons. The lowest BCUT2D eigenvalue weighted by Crippen LogP contribution is -2.61. The summed E-state index contributed by atoms with van der Waals surface area (Å²) in [5.74, 6) is -3.20. The number of ether oxygens (including phenoxy) is 5. The normalized spacial score (nSPS) is 18.3. The van der Waals surface area contributed by atoms with E-state index >= 15 is 0 Å². The van der Waals surface area contributed by atoms with Gasteiger partial charge in [-0.2, -0.15) is 0 Å². The second kappa shape index (κ2) is 59.2. The van der Waals surface area contributed by atoms with Gasteiger partial charge in [0.25, 0.3) is 0 Å². The molecular formula is C73H116O12. The van der Waals surface area contributed by atoms with Crippen LogP contribution in [-0.4, -0.2) is 89.2 Å². The first-order chi connectivity index (χ1) is 41.6. The standard InChI is InChI=1S/C73H116O12/c1-4-7-10-13-16-19-22-25-28-31-33-36-38-41-44-47-50-53-56-59-65(74)81-62-64(83-66(75)60-57-54-51-48-45-42-40-37-34-32-29-26-23-20-17-14-11-8-5-2)63-82-73-71(69(78)68(77)70(85-73)72(79)80)84-67(76)61-58-55-52-49-46-43-39-35-30-27-24-21-18-15-12-9-6-3/h7,9-10,12,16-21,25-30,33-34,36-37,39,43,64,68-71,73,77-78H,4-6,8,11,13-15,22-24,31-32,35,38,40-42,44-63H2,1-3H3,(H,79,80)/b10-7-,12-9-,19-16-,20-17-,21-18-,28-25-,29-26-,30-27-,36-33-,37-34-,43-39-. The summed E-state index contributed by atoms with van der Waals surface area (Å²) in [5.41, 5.74) is 0. The molecular weight excluding hydrogens is 1070 g/mol. The molecule has 6 unspecified atom stereocenters. The largest absolute Gasteiger partial charge is 0.479 e. The summed E-state index contributed by atoms with van der Waals surface area (Å²) in [6.45, 7) is 5.72. The maximum Gasteiger partial charge on any atom is 0.335 e. The zero-order valence-corrected chi connectivity index (χ0v) is 53.1. The number of aliphatic hydroxyl groups is 2. The minimum Gasteiger partial charge on any atom is -0.479 e. The Hall–Kier alpha value is -5.14. The van der Waals surface area contributed by atoms with Gasteiger partial charge in [0.05, 0.1) is 6.61 Å². The van der Waals surface area contributed by atoms with E-state index in [9.17, 15) is 34.5 Å². The molecule has 1 saturated heterocycles. The molecule has 0 bridgehead atoms. The maximum absolute atomic E-state index is 13.2. The molecule has 1 aliphatic rings. The fourth-order valence-corrected chi connectivity index (χ4v) is 9.18. The fraction of sp³-hybridized carbons (Fsp3) is 0.644. The number of esters is 3. The van der Waals surface area contributed by atoms with Crippen LogP contribution >= 0.6 is 0 Å². The molecule has 1 heterocycles. The predicted octanol–water partition coefficient (Wildman–Crippen LogP) is 18.1. The maximum atomic E-state index is 13.2. The first-order valence-corrected chi connectivity index (χ1v) is 33.2. The van der Waals surface area contributed by atoms with Crippen LogP contribution in [0.25, 0.3) is 0 Å². The van der Waals surface area contributed by atoms with Crippen LogP contribution in [0.2, 0.25) is 0 Å². The number of hydrogen-bond acceptors (Lipinski definition) is 11. The lowest BCUT2D eigenvalue weighted by molar-refractivity contribution is -0.301. The zero-order chi connectivity index (χ0) is 61.7. The summed E-state index contributed by atoms with van der Waals surface area (Å²) >= 11 is 0. The van der Waals surface area contributed by atoms with Crippen molar-refractivity contribution in [1.82, 2.24) is 0 Å². The van der Waals surface area contributed by atoms with E-state index in [-0.39, 0.29) is 25.9 Å². The molecule has 0 aromatic heterocycles. The molecule has 6 atom stereocenters. The quantitative estimate of drug-likeness (QED) is 0.0228. The summed E-state index contributed by atoms with van der Waals surface area (Å²) in [6, 6.07) is 0. The second-order valence-corrected chi connectivity index (χ2v) is 22.0. The summed E-state index contributed by atoms with van der Waals surface area (Å²) in [6.07, 6.45) is 71.1. The van der Waals surface area contributed by atoms with Gasteiger partial charge in [0, 0.05) is 19.3 Å². The van der Waals surface area contributed by atoms with Crippen LogP contribution < -0.4 is 0 Å². The van der Waals surface area contributed by atoms with Gasteiger partial charge in [0.2, 0.25) is 0 Å². The molecule has 1 rings (SSSR count). The smallest absolute Gasteiger partial charge is 0.335 e. The Kier molecular flexibility index (Phi) is 54.2. The third-order valence-corrected chi connectivity index (χ3v) is 14.2. The molecule has 0 aromatic carbocycles. The molecule has 0 aromatic rings. The topological polar surface area (TPSA) is 175 Å². The summed E-state index contributed by atoms with van der Waals surface area (Å²) in [7, 11) is 0. The minimum atomic E-state index is -1.92. The van der Waals surface area contributed by atoms with Crippen LogP contribution in [-0.2, 0) is 42.9 Å². The molecule has 3 N–H and O–H groups in total. The number of rotatable bonds is 55. The lowest BCUT2D eigenvalue weighted by atomic mass is 9.98. The van der Waals surface area contributed by atoms with Crippen molar-refractivity contribution in [3.05, 3.63) is 134 Å². The van der Waals surface area contributed by atoms with Crippen LogP contribution in [0.3, 0.4) is 0 Å². The molecule has 0 saturated carbocycles. The first kappa shape index (κ1) is 77.9. The highest BCUT2D eigenvalue weighted by molar-refractivity contribution is 5.74. The Morgan fingerprint density at radius 3 is 1.13 bits per heavy atom. The van der Waals surface area contributed by atoms with Crippen molar-refractivity contribution in [3.8, 4) is 0 Å². The number of allylic oxidation sites excluding steroid dienone is 22. The number of carbonyl (C=O) groups is 4. The number of aliphatic hydroxyl groups excluding tert-OH is 2.